The van der Waals surface area contributed by atoms with Crippen molar-refractivity contribution in [2.75, 3.05) is 19.6 Å². The van der Waals surface area contributed by atoms with Crippen LogP contribution in [0.1, 0.15) is 49.8 Å². The van der Waals surface area contributed by atoms with Gasteiger partial charge >= 0.3 is 0 Å². The number of hydrogen-bond donors (Lipinski definition) is 1. The molecule has 2 amide bonds. The van der Waals surface area contributed by atoms with Crippen LogP contribution in [0.5, 0.6) is 0 Å². The van der Waals surface area contributed by atoms with E-state index in [1.54, 1.807) is 29.2 Å². The van der Waals surface area contributed by atoms with Gasteiger partial charge in [0.2, 0.25) is 21.8 Å². The second kappa shape index (κ2) is 14.4. The Kier molecular flexibility index (Phi) is 10.7. The monoisotopic (exact) mass is 575 g/mol. The normalized spacial score (nSPS) is 14.6. The van der Waals surface area contributed by atoms with Gasteiger partial charge in [0, 0.05) is 39.0 Å². The molecule has 0 radical (unpaired) electrons. The number of carbonyl (C=O) groups excluding carboxylic acids is 2. The van der Waals surface area contributed by atoms with E-state index in [1.807, 2.05) is 74.5 Å². The van der Waals surface area contributed by atoms with Crippen molar-refractivity contribution < 1.29 is 18.0 Å². The summed E-state index contributed by atoms with van der Waals surface area (Å²) >= 11 is 0. The van der Waals surface area contributed by atoms with E-state index in [9.17, 15) is 18.0 Å². The second-order valence-corrected chi connectivity index (χ2v) is 13.0. The van der Waals surface area contributed by atoms with Crippen molar-refractivity contribution in [2.45, 2.75) is 63.4 Å². The molecule has 218 valence electrons. The Hall–Kier alpha value is -3.49. The van der Waals surface area contributed by atoms with Gasteiger partial charge in [-0.05, 0) is 54.0 Å². The summed E-state index contributed by atoms with van der Waals surface area (Å²) in [5.74, 6) is -0.00147. The molecule has 0 bridgehead atoms. The summed E-state index contributed by atoms with van der Waals surface area (Å²) in [5.41, 5.74) is 2.81. The Balaban J connectivity index is 1.53. The number of rotatable bonds is 13. The van der Waals surface area contributed by atoms with E-state index < -0.39 is 16.1 Å². The van der Waals surface area contributed by atoms with E-state index in [2.05, 4.69) is 5.32 Å². The summed E-state index contributed by atoms with van der Waals surface area (Å²) in [6.07, 6.45) is 2.83. The lowest BCUT2D eigenvalue weighted by Crippen LogP contribution is -2.51. The van der Waals surface area contributed by atoms with Gasteiger partial charge in [0.1, 0.15) is 6.04 Å². The fourth-order valence-electron chi connectivity index (χ4n) is 5.06. The summed E-state index contributed by atoms with van der Waals surface area (Å²) in [6.45, 7) is 6.06. The van der Waals surface area contributed by atoms with Crippen molar-refractivity contribution in [1.82, 2.24) is 14.5 Å². The molecule has 1 fully saturated rings. The first-order chi connectivity index (χ1) is 19.7. The summed E-state index contributed by atoms with van der Waals surface area (Å²) in [7, 11) is -3.48. The van der Waals surface area contributed by atoms with Gasteiger partial charge < -0.3 is 10.2 Å². The second-order valence-electron chi connectivity index (χ2n) is 11.1. The lowest BCUT2D eigenvalue weighted by atomic mass is 10.0. The topological polar surface area (TPSA) is 86.8 Å². The van der Waals surface area contributed by atoms with Crippen LogP contribution < -0.4 is 5.32 Å². The first-order valence-corrected chi connectivity index (χ1v) is 15.9. The average molecular weight is 576 g/mol. The smallest absolute Gasteiger partial charge is 0.243 e. The Bertz CT molecular complexity index is 1370. The number of benzene rings is 3. The van der Waals surface area contributed by atoms with E-state index >= 15 is 0 Å². The third kappa shape index (κ3) is 8.50. The van der Waals surface area contributed by atoms with Crippen LogP contribution in [0.2, 0.25) is 0 Å². The van der Waals surface area contributed by atoms with E-state index in [0.29, 0.717) is 39.0 Å². The van der Waals surface area contributed by atoms with Crippen LogP contribution in [-0.2, 0) is 39.0 Å². The summed E-state index contributed by atoms with van der Waals surface area (Å²) in [5, 5.41) is 3.05. The largest absolute Gasteiger partial charge is 0.354 e. The Morgan fingerprint density at radius 3 is 2.00 bits per heavy atom. The number of hydrogen-bond acceptors (Lipinski definition) is 4. The van der Waals surface area contributed by atoms with Crippen LogP contribution >= 0.6 is 0 Å². The average Bonchev–Trinajstić information content (AvgIpc) is 3.54. The van der Waals surface area contributed by atoms with Gasteiger partial charge in [0.25, 0.3) is 0 Å². The molecule has 1 aliphatic rings. The van der Waals surface area contributed by atoms with Crippen LogP contribution in [0.4, 0.5) is 0 Å². The van der Waals surface area contributed by atoms with Gasteiger partial charge in [-0.2, -0.15) is 4.31 Å². The standard InChI is InChI=1S/C33H41N3O4S/c1-26(2)24-34-33(38)31(23-28-11-5-3-6-12-28)36(25-29-13-7-4-8-14-29)32(37)20-17-27-15-18-30(19-16-27)41(39,40)35-21-9-10-22-35/h3-8,11-16,18-19,26,31H,9-10,17,20-25H2,1-2H3,(H,34,38)/t31-/m1/s1. The third-order valence-corrected chi connectivity index (χ3v) is 9.32. The summed E-state index contributed by atoms with van der Waals surface area (Å²) < 4.78 is 27.3. The molecule has 4 rings (SSSR count). The number of aryl methyl sites for hydroxylation is 1. The van der Waals surface area contributed by atoms with Crippen molar-refractivity contribution in [1.29, 1.82) is 0 Å². The molecule has 1 saturated heterocycles. The first-order valence-electron chi connectivity index (χ1n) is 14.5. The predicted molar refractivity (Wildman–Crippen MR) is 162 cm³/mol. The fourth-order valence-corrected chi connectivity index (χ4v) is 6.57. The van der Waals surface area contributed by atoms with Crippen molar-refractivity contribution in [3.05, 3.63) is 102 Å². The van der Waals surface area contributed by atoms with Gasteiger partial charge in [-0.25, -0.2) is 8.42 Å². The zero-order valence-electron chi connectivity index (χ0n) is 24.0. The summed E-state index contributed by atoms with van der Waals surface area (Å²) in [6, 6.07) is 25.7. The minimum atomic E-state index is -3.48. The predicted octanol–water partition coefficient (Wildman–Crippen LogP) is 4.82. The van der Waals surface area contributed by atoms with Crippen molar-refractivity contribution in [3.63, 3.8) is 0 Å². The van der Waals surface area contributed by atoms with Gasteiger partial charge in [-0.3, -0.25) is 9.59 Å². The minimum Gasteiger partial charge on any atom is -0.354 e. The fraction of sp³-hybridized carbons (Fsp3) is 0.394. The quantitative estimate of drug-likeness (QED) is 0.317. The molecule has 1 N–H and O–H groups in total. The van der Waals surface area contributed by atoms with Crippen LogP contribution in [0, 0.1) is 5.92 Å². The van der Waals surface area contributed by atoms with Gasteiger partial charge in [-0.1, -0.05) is 86.6 Å². The maximum Gasteiger partial charge on any atom is 0.243 e. The third-order valence-electron chi connectivity index (χ3n) is 7.41. The molecule has 3 aromatic rings. The molecule has 0 saturated carbocycles. The molecule has 41 heavy (non-hydrogen) atoms. The van der Waals surface area contributed by atoms with E-state index in [4.69, 9.17) is 0 Å². The molecule has 1 atom stereocenters. The first kappa shape index (κ1) is 30.5. The van der Waals surface area contributed by atoms with Gasteiger partial charge in [0.15, 0.2) is 0 Å². The van der Waals surface area contributed by atoms with Crippen LogP contribution in [0.25, 0.3) is 0 Å². The molecule has 1 aliphatic heterocycles. The molecule has 3 aromatic carbocycles. The summed E-state index contributed by atoms with van der Waals surface area (Å²) in [4.78, 5) is 29.4. The molecule has 8 heteroatoms. The van der Waals surface area contributed by atoms with E-state index in [1.165, 1.54) is 4.31 Å². The molecular formula is C33H41N3O4S. The highest BCUT2D eigenvalue weighted by Gasteiger charge is 2.30. The zero-order chi connectivity index (χ0) is 29.2. The highest BCUT2D eigenvalue weighted by atomic mass is 32.2. The lowest BCUT2D eigenvalue weighted by Gasteiger charge is -2.32. The van der Waals surface area contributed by atoms with E-state index in [0.717, 1.165) is 29.5 Å². The SMILES string of the molecule is CC(C)CNC(=O)[C@@H](Cc1ccccc1)N(Cc1ccccc1)C(=O)CCc1ccc(S(=O)(=O)N2CCCC2)cc1. The Morgan fingerprint density at radius 1 is 0.829 bits per heavy atom. The number of nitrogens with one attached hydrogen (secondary N) is 1. The molecule has 0 aromatic heterocycles. The Labute approximate surface area is 244 Å². The maximum absolute atomic E-state index is 13.8. The van der Waals surface area contributed by atoms with Crippen LogP contribution in [0.15, 0.2) is 89.8 Å². The molecular weight excluding hydrogens is 534 g/mol. The highest BCUT2D eigenvalue weighted by molar-refractivity contribution is 7.89. The molecule has 7 nitrogen and oxygen atoms in total. The maximum atomic E-state index is 13.8. The Morgan fingerprint density at radius 2 is 1.41 bits per heavy atom. The number of sulfonamides is 1. The molecule has 0 unspecified atom stereocenters. The number of carbonyl (C=O) groups is 2. The van der Waals surface area contributed by atoms with Crippen LogP contribution in [-0.4, -0.2) is 55.1 Å². The van der Waals surface area contributed by atoms with Gasteiger partial charge in [0.05, 0.1) is 4.90 Å². The van der Waals surface area contributed by atoms with Crippen molar-refractivity contribution in [2.24, 2.45) is 5.92 Å². The van der Waals surface area contributed by atoms with Gasteiger partial charge in [-0.15, -0.1) is 0 Å². The molecule has 1 heterocycles. The van der Waals surface area contributed by atoms with Crippen molar-refractivity contribution >= 4 is 21.8 Å². The van der Waals surface area contributed by atoms with Crippen LogP contribution in [0.3, 0.4) is 0 Å². The van der Waals surface area contributed by atoms with E-state index in [-0.39, 0.29) is 29.0 Å². The number of nitrogens with zero attached hydrogens (tertiary/aromatic N) is 2. The molecule has 0 spiro atoms. The zero-order valence-corrected chi connectivity index (χ0v) is 24.9. The minimum absolute atomic E-state index is 0.122. The highest BCUT2D eigenvalue weighted by Crippen LogP contribution is 2.22. The number of amides is 2. The van der Waals surface area contributed by atoms with Crippen molar-refractivity contribution in [3.8, 4) is 0 Å². The molecule has 0 aliphatic carbocycles. The lowest BCUT2D eigenvalue weighted by molar-refractivity contribution is -0.141.